The third-order valence-electron chi connectivity index (χ3n) is 3.71. The number of carbonyl (C=O) groups is 2. The van der Waals surface area contributed by atoms with Crippen LogP contribution in [-0.2, 0) is 14.8 Å². The van der Waals surface area contributed by atoms with Gasteiger partial charge in [0.05, 0.1) is 5.56 Å². The van der Waals surface area contributed by atoms with E-state index < -0.39 is 22.5 Å². The van der Waals surface area contributed by atoms with Crippen LogP contribution in [-0.4, -0.2) is 49.1 Å². The molecule has 2 rings (SSSR count). The molecule has 0 spiro atoms. The summed E-state index contributed by atoms with van der Waals surface area (Å²) in [4.78, 5) is 26.1. The molecule has 0 fully saturated rings. The van der Waals surface area contributed by atoms with Crippen LogP contribution in [0.4, 0.5) is 0 Å². The Labute approximate surface area is 130 Å². The van der Waals surface area contributed by atoms with Crippen LogP contribution in [0.25, 0.3) is 0 Å². The van der Waals surface area contributed by atoms with Crippen LogP contribution >= 0.6 is 0 Å². The summed E-state index contributed by atoms with van der Waals surface area (Å²) in [7, 11) is -3.92. The summed E-state index contributed by atoms with van der Waals surface area (Å²) in [6, 6.07) is 6.03. The molecule has 22 heavy (non-hydrogen) atoms. The number of unbranched alkanes of at least 4 members (excludes halogenated alkanes) is 1. The van der Waals surface area contributed by atoms with Gasteiger partial charge >= 0.3 is 0 Å². The number of likely N-dealkylation sites (N-methyl/N-ethyl adjacent to an activating group) is 1. The molecule has 7 heteroatoms. The smallest absolute Gasteiger partial charge is 0.269 e. The van der Waals surface area contributed by atoms with E-state index in [-0.39, 0.29) is 16.4 Å². The molecule has 0 radical (unpaired) electrons. The molecule has 0 aliphatic carbocycles. The fourth-order valence-corrected chi connectivity index (χ4v) is 3.94. The van der Waals surface area contributed by atoms with E-state index in [9.17, 15) is 18.0 Å². The van der Waals surface area contributed by atoms with Crippen molar-refractivity contribution in [1.82, 2.24) is 9.21 Å². The van der Waals surface area contributed by atoms with Crippen LogP contribution in [0.5, 0.6) is 0 Å². The molecule has 0 unspecified atom stereocenters. The molecule has 0 bridgehead atoms. The van der Waals surface area contributed by atoms with Crippen LogP contribution in [0.3, 0.4) is 0 Å². The molecule has 6 nitrogen and oxygen atoms in total. The van der Waals surface area contributed by atoms with Crippen molar-refractivity contribution in [1.29, 1.82) is 0 Å². The van der Waals surface area contributed by atoms with Crippen molar-refractivity contribution in [2.24, 2.45) is 0 Å². The molecule has 1 aromatic carbocycles. The van der Waals surface area contributed by atoms with Crippen molar-refractivity contribution in [2.45, 2.75) is 31.6 Å². The summed E-state index contributed by atoms with van der Waals surface area (Å²) in [5.74, 6) is -0.976. The SMILES string of the molecule is CCCCN(CC)C(=O)CN1C(=O)c2ccccc2S1(=O)=O. The van der Waals surface area contributed by atoms with Crippen LogP contribution < -0.4 is 0 Å². The summed E-state index contributed by atoms with van der Waals surface area (Å²) in [6.45, 7) is 4.48. The minimum absolute atomic E-state index is 0.0237. The summed E-state index contributed by atoms with van der Waals surface area (Å²) in [5, 5.41) is 0. The van der Waals surface area contributed by atoms with E-state index in [1.165, 1.54) is 12.1 Å². The van der Waals surface area contributed by atoms with Crippen molar-refractivity contribution >= 4 is 21.8 Å². The molecule has 1 aliphatic rings. The number of nitrogens with zero attached hydrogens (tertiary/aromatic N) is 2. The molecule has 0 aromatic heterocycles. The third-order valence-corrected chi connectivity index (χ3v) is 5.49. The van der Waals surface area contributed by atoms with E-state index in [1.807, 2.05) is 13.8 Å². The van der Waals surface area contributed by atoms with Gasteiger partial charge in [-0.3, -0.25) is 9.59 Å². The standard InChI is InChI=1S/C15H20N2O4S/c1-3-5-10-16(4-2)14(18)11-17-15(19)12-8-6-7-9-13(12)22(17,20)21/h6-9H,3-5,10-11H2,1-2H3. The van der Waals surface area contributed by atoms with Crippen molar-refractivity contribution < 1.29 is 18.0 Å². The maximum absolute atomic E-state index is 12.4. The van der Waals surface area contributed by atoms with E-state index in [0.717, 1.165) is 12.8 Å². The predicted octanol–water partition coefficient (Wildman–Crippen LogP) is 1.48. The molecule has 1 heterocycles. The van der Waals surface area contributed by atoms with Gasteiger partial charge in [0.2, 0.25) is 5.91 Å². The average Bonchev–Trinajstić information content (AvgIpc) is 2.70. The summed E-state index contributed by atoms with van der Waals surface area (Å²) < 4.78 is 25.5. The van der Waals surface area contributed by atoms with Gasteiger partial charge < -0.3 is 4.90 Å². The lowest BCUT2D eigenvalue weighted by molar-refractivity contribution is -0.131. The van der Waals surface area contributed by atoms with Crippen LogP contribution in [0.2, 0.25) is 0 Å². The van der Waals surface area contributed by atoms with Crippen molar-refractivity contribution in [2.75, 3.05) is 19.6 Å². The molecule has 1 aromatic rings. The highest BCUT2D eigenvalue weighted by Gasteiger charge is 2.42. The van der Waals surface area contributed by atoms with E-state index in [1.54, 1.807) is 17.0 Å². The average molecular weight is 324 g/mol. The number of hydrogen-bond acceptors (Lipinski definition) is 4. The first-order chi connectivity index (χ1) is 10.4. The largest absolute Gasteiger partial charge is 0.341 e. The highest BCUT2D eigenvalue weighted by atomic mass is 32.2. The zero-order chi connectivity index (χ0) is 16.3. The molecule has 1 aliphatic heterocycles. The third kappa shape index (κ3) is 2.85. The number of hydrogen-bond donors (Lipinski definition) is 0. The Kier molecular flexibility index (Phi) is 4.85. The number of benzene rings is 1. The van der Waals surface area contributed by atoms with Crippen molar-refractivity contribution in [3.63, 3.8) is 0 Å². The predicted molar refractivity (Wildman–Crippen MR) is 81.8 cm³/mol. The quantitative estimate of drug-likeness (QED) is 0.794. The van der Waals surface area contributed by atoms with Gasteiger partial charge in [0, 0.05) is 13.1 Å². The van der Waals surface area contributed by atoms with E-state index in [2.05, 4.69) is 0 Å². The first kappa shape index (κ1) is 16.5. The highest BCUT2D eigenvalue weighted by Crippen LogP contribution is 2.29. The van der Waals surface area contributed by atoms with Gasteiger partial charge in [-0.15, -0.1) is 0 Å². The minimum atomic E-state index is -3.92. The van der Waals surface area contributed by atoms with Crippen LogP contribution in [0.15, 0.2) is 29.2 Å². The topological polar surface area (TPSA) is 74.8 Å². The minimum Gasteiger partial charge on any atom is -0.341 e. The van der Waals surface area contributed by atoms with Gasteiger partial charge in [0.15, 0.2) is 0 Å². The Hall–Kier alpha value is -1.89. The molecular formula is C15H20N2O4S. The van der Waals surface area contributed by atoms with Gasteiger partial charge in [0.25, 0.3) is 15.9 Å². The van der Waals surface area contributed by atoms with Crippen molar-refractivity contribution in [3.8, 4) is 0 Å². The second-order valence-corrected chi connectivity index (χ2v) is 6.97. The number of carbonyl (C=O) groups excluding carboxylic acids is 2. The van der Waals surface area contributed by atoms with Gasteiger partial charge in [-0.2, -0.15) is 0 Å². The zero-order valence-corrected chi connectivity index (χ0v) is 13.6. The van der Waals surface area contributed by atoms with Crippen LogP contribution in [0, 0.1) is 0 Å². The van der Waals surface area contributed by atoms with Crippen LogP contribution in [0.1, 0.15) is 37.0 Å². The fraction of sp³-hybridized carbons (Fsp3) is 0.467. The highest BCUT2D eigenvalue weighted by molar-refractivity contribution is 7.90. The summed E-state index contributed by atoms with van der Waals surface area (Å²) in [5.41, 5.74) is 0.131. The second-order valence-electron chi connectivity index (χ2n) is 5.14. The number of amides is 2. The maximum Gasteiger partial charge on any atom is 0.269 e. The fourth-order valence-electron chi connectivity index (χ4n) is 2.42. The Morgan fingerprint density at radius 1 is 1.23 bits per heavy atom. The number of fused-ring (bicyclic) bond motifs is 1. The molecule has 0 saturated carbocycles. The van der Waals surface area contributed by atoms with E-state index >= 15 is 0 Å². The van der Waals surface area contributed by atoms with Gasteiger partial charge in [-0.25, -0.2) is 12.7 Å². The Bertz CT molecular complexity index is 685. The Balaban J connectivity index is 2.21. The lowest BCUT2D eigenvalue weighted by Crippen LogP contribution is -2.43. The monoisotopic (exact) mass is 324 g/mol. The molecule has 0 N–H and O–H groups in total. The van der Waals surface area contributed by atoms with Gasteiger partial charge in [0.1, 0.15) is 11.4 Å². The van der Waals surface area contributed by atoms with Crippen molar-refractivity contribution in [3.05, 3.63) is 29.8 Å². The molecule has 120 valence electrons. The molecule has 0 atom stereocenters. The Morgan fingerprint density at radius 3 is 2.50 bits per heavy atom. The number of rotatable bonds is 6. The van der Waals surface area contributed by atoms with Gasteiger partial charge in [-0.05, 0) is 25.5 Å². The lowest BCUT2D eigenvalue weighted by atomic mass is 10.2. The molecule has 2 amide bonds. The Morgan fingerprint density at radius 2 is 1.91 bits per heavy atom. The number of sulfonamides is 1. The lowest BCUT2D eigenvalue weighted by Gasteiger charge is -2.23. The second kappa shape index (κ2) is 6.48. The van der Waals surface area contributed by atoms with Gasteiger partial charge in [-0.1, -0.05) is 25.5 Å². The summed E-state index contributed by atoms with van der Waals surface area (Å²) in [6.07, 6.45) is 1.79. The molecule has 0 saturated heterocycles. The summed E-state index contributed by atoms with van der Waals surface area (Å²) >= 11 is 0. The molecular weight excluding hydrogens is 304 g/mol. The van der Waals surface area contributed by atoms with E-state index in [4.69, 9.17) is 0 Å². The first-order valence-electron chi connectivity index (χ1n) is 7.37. The zero-order valence-electron chi connectivity index (χ0n) is 12.8. The first-order valence-corrected chi connectivity index (χ1v) is 8.81. The maximum atomic E-state index is 12.4. The normalized spacial score (nSPS) is 15.7. The van der Waals surface area contributed by atoms with E-state index in [0.29, 0.717) is 17.4 Å².